The minimum Gasteiger partial charge on any atom is -0.482 e. The number of likely N-dealkylation sites (N-methyl/N-ethyl adjacent to an activating group) is 1. The molecule has 1 fully saturated rings. The number of nitrogens with zero attached hydrogens (tertiary/aromatic N) is 2. The summed E-state index contributed by atoms with van der Waals surface area (Å²) in [6, 6.07) is 4.90. The third-order valence-corrected chi connectivity index (χ3v) is 3.25. The zero-order valence-corrected chi connectivity index (χ0v) is 11.3. The molecule has 1 heterocycles. The minimum atomic E-state index is -4.36. The van der Waals surface area contributed by atoms with E-state index in [9.17, 15) is 13.2 Å². The van der Waals surface area contributed by atoms with Gasteiger partial charge in [0, 0.05) is 31.9 Å². The minimum absolute atomic E-state index is 0.0696. The second-order valence-corrected chi connectivity index (χ2v) is 4.92. The first-order valence-corrected chi connectivity index (χ1v) is 6.38. The van der Waals surface area contributed by atoms with Crippen molar-refractivity contribution < 1.29 is 17.9 Å². The summed E-state index contributed by atoms with van der Waals surface area (Å²) in [5.74, 6) is 0.0696. The molecule has 0 saturated carbocycles. The lowest BCUT2D eigenvalue weighted by atomic mass is 10.2. The van der Waals surface area contributed by atoms with E-state index in [1.54, 1.807) is 12.1 Å². The Morgan fingerprint density at radius 2 is 1.85 bits per heavy atom. The van der Waals surface area contributed by atoms with E-state index in [0.29, 0.717) is 0 Å². The number of rotatable bonds is 3. The maximum atomic E-state index is 12.1. The van der Waals surface area contributed by atoms with Crippen LogP contribution in [-0.4, -0.2) is 50.9 Å². The van der Waals surface area contributed by atoms with E-state index in [0.717, 1.165) is 31.9 Å². The van der Waals surface area contributed by atoms with Crippen LogP contribution in [0.4, 0.5) is 24.5 Å². The van der Waals surface area contributed by atoms with Crippen LogP contribution >= 0.6 is 0 Å². The quantitative estimate of drug-likeness (QED) is 0.864. The van der Waals surface area contributed by atoms with Crippen molar-refractivity contribution in [2.24, 2.45) is 0 Å². The van der Waals surface area contributed by atoms with Gasteiger partial charge in [-0.2, -0.15) is 13.2 Å². The van der Waals surface area contributed by atoms with E-state index in [4.69, 9.17) is 5.73 Å². The van der Waals surface area contributed by atoms with Crippen molar-refractivity contribution in [1.29, 1.82) is 0 Å². The summed E-state index contributed by atoms with van der Waals surface area (Å²) in [4.78, 5) is 4.38. The number of hydrogen-bond donors (Lipinski definition) is 1. The Bertz CT molecular complexity index is 457. The molecule has 1 saturated heterocycles. The second kappa shape index (κ2) is 5.78. The fourth-order valence-electron chi connectivity index (χ4n) is 2.09. The Morgan fingerprint density at radius 3 is 2.40 bits per heavy atom. The molecule has 20 heavy (non-hydrogen) atoms. The summed E-state index contributed by atoms with van der Waals surface area (Å²) in [6.07, 6.45) is -4.36. The van der Waals surface area contributed by atoms with Crippen LogP contribution in [0.2, 0.25) is 0 Å². The van der Waals surface area contributed by atoms with E-state index >= 15 is 0 Å². The summed E-state index contributed by atoms with van der Waals surface area (Å²) in [5.41, 5.74) is 6.89. The fourth-order valence-corrected chi connectivity index (χ4v) is 2.09. The smallest absolute Gasteiger partial charge is 0.422 e. The molecule has 2 N–H and O–H groups in total. The molecule has 0 atom stereocenters. The molecule has 0 unspecified atom stereocenters. The molecule has 0 bridgehead atoms. The topological polar surface area (TPSA) is 41.7 Å². The van der Waals surface area contributed by atoms with Gasteiger partial charge in [0.25, 0.3) is 0 Å². The molecule has 7 heteroatoms. The van der Waals surface area contributed by atoms with E-state index in [2.05, 4.69) is 21.6 Å². The number of nitrogen functional groups attached to an aromatic ring is 1. The molecule has 1 aromatic rings. The Hall–Kier alpha value is -1.63. The molecule has 0 aromatic heterocycles. The number of alkyl halides is 3. The SMILES string of the molecule is CN1CCN(c2ccc(OCC(F)(F)F)c(N)c2)CC1. The molecular weight excluding hydrogens is 271 g/mol. The van der Waals surface area contributed by atoms with Gasteiger partial charge in [0.15, 0.2) is 6.61 Å². The van der Waals surface area contributed by atoms with Gasteiger partial charge in [0.2, 0.25) is 0 Å². The van der Waals surface area contributed by atoms with Crippen LogP contribution in [0.5, 0.6) is 5.75 Å². The third kappa shape index (κ3) is 3.93. The lowest BCUT2D eigenvalue weighted by molar-refractivity contribution is -0.153. The number of ether oxygens (including phenoxy) is 1. The van der Waals surface area contributed by atoms with Crippen molar-refractivity contribution in [3.05, 3.63) is 18.2 Å². The summed E-state index contributed by atoms with van der Waals surface area (Å²) in [6.45, 7) is 2.32. The maximum absolute atomic E-state index is 12.1. The van der Waals surface area contributed by atoms with Crippen LogP contribution in [0.15, 0.2) is 18.2 Å². The number of benzene rings is 1. The van der Waals surface area contributed by atoms with Gasteiger partial charge < -0.3 is 20.3 Å². The van der Waals surface area contributed by atoms with E-state index in [-0.39, 0.29) is 11.4 Å². The highest BCUT2D eigenvalue weighted by Gasteiger charge is 2.28. The molecule has 2 rings (SSSR count). The van der Waals surface area contributed by atoms with Gasteiger partial charge in [0.05, 0.1) is 5.69 Å². The molecule has 4 nitrogen and oxygen atoms in total. The van der Waals surface area contributed by atoms with Gasteiger partial charge in [-0.25, -0.2) is 0 Å². The van der Waals surface area contributed by atoms with Gasteiger partial charge in [0.1, 0.15) is 5.75 Å². The predicted molar refractivity (Wildman–Crippen MR) is 72.1 cm³/mol. The Labute approximate surface area is 115 Å². The van der Waals surface area contributed by atoms with Crippen molar-refractivity contribution in [3.63, 3.8) is 0 Å². The Kier molecular flexibility index (Phi) is 4.27. The normalized spacial score (nSPS) is 17.3. The first-order chi connectivity index (χ1) is 9.35. The Balaban J connectivity index is 2.02. The number of nitrogens with two attached hydrogens (primary N) is 1. The van der Waals surface area contributed by atoms with Gasteiger partial charge >= 0.3 is 6.18 Å². The molecule has 1 aromatic carbocycles. The maximum Gasteiger partial charge on any atom is 0.422 e. The van der Waals surface area contributed by atoms with Crippen molar-refractivity contribution >= 4 is 11.4 Å². The van der Waals surface area contributed by atoms with E-state index in [1.807, 2.05) is 0 Å². The summed E-state index contributed by atoms with van der Waals surface area (Å²) >= 11 is 0. The fraction of sp³-hybridized carbons (Fsp3) is 0.538. The summed E-state index contributed by atoms with van der Waals surface area (Å²) in [7, 11) is 2.06. The number of hydrogen-bond acceptors (Lipinski definition) is 4. The van der Waals surface area contributed by atoms with Gasteiger partial charge in [-0.3, -0.25) is 0 Å². The van der Waals surface area contributed by atoms with Crippen molar-refractivity contribution in [2.75, 3.05) is 50.5 Å². The lowest BCUT2D eigenvalue weighted by Gasteiger charge is -2.34. The molecule has 112 valence electrons. The lowest BCUT2D eigenvalue weighted by Crippen LogP contribution is -2.44. The largest absolute Gasteiger partial charge is 0.482 e. The first kappa shape index (κ1) is 14.8. The average Bonchev–Trinajstić information content (AvgIpc) is 2.37. The van der Waals surface area contributed by atoms with Crippen LogP contribution in [0.25, 0.3) is 0 Å². The second-order valence-electron chi connectivity index (χ2n) is 4.92. The highest BCUT2D eigenvalue weighted by Crippen LogP contribution is 2.29. The van der Waals surface area contributed by atoms with Crippen molar-refractivity contribution in [1.82, 2.24) is 4.90 Å². The molecule has 0 aliphatic carbocycles. The monoisotopic (exact) mass is 289 g/mol. The highest BCUT2D eigenvalue weighted by atomic mass is 19.4. The molecule has 0 spiro atoms. The van der Waals surface area contributed by atoms with E-state index < -0.39 is 12.8 Å². The van der Waals surface area contributed by atoms with Gasteiger partial charge in [-0.05, 0) is 25.2 Å². The van der Waals surface area contributed by atoms with Crippen molar-refractivity contribution in [3.8, 4) is 5.75 Å². The van der Waals surface area contributed by atoms with Crippen LogP contribution in [0, 0.1) is 0 Å². The molecule has 0 radical (unpaired) electrons. The van der Waals surface area contributed by atoms with Gasteiger partial charge in [-0.1, -0.05) is 0 Å². The standard InChI is InChI=1S/C13H18F3N3O/c1-18-4-6-19(7-5-18)10-2-3-12(11(17)8-10)20-9-13(14,15)16/h2-3,8H,4-7,9,17H2,1H3. The first-order valence-electron chi connectivity index (χ1n) is 6.38. The average molecular weight is 289 g/mol. The zero-order valence-electron chi connectivity index (χ0n) is 11.3. The molecule has 0 amide bonds. The predicted octanol–water partition coefficient (Wildman–Crippen LogP) is 1.96. The molecular formula is C13H18F3N3O. The van der Waals surface area contributed by atoms with Crippen LogP contribution in [-0.2, 0) is 0 Å². The van der Waals surface area contributed by atoms with Crippen LogP contribution < -0.4 is 15.4 Å². The van der Waals surface area contributed by atoms with E-state index in [1.165, 1.54) is 6.07 Å². The van der Waals surface area contributed by atoms with Gasteiger partial charge in [-0.15, -0.1) is 0 Å². The third-order valence-electron chi connectivity index (χ3n) is 3.25. The number of piperazine rings is 1. The van der Waals surface area contributed by atoms with Crippen molar-refractivity contribution in [2.45, 2.75) is 6.18 Å². The number of halogens is 3. The summed E-state index contributed by atoms with van der Waals surface area (Å²) < 4.78 is 41.0. The van der Waals surface area contributed by atoms with Crippen LogP contribution in [0.1, 0.15) is 0 Å². The Morgan fingerprint density at radius 1 is 1.20 bits per heavy atom. The van der Waals surface area contributed by atoms with Crippen LogP contribution in [0.3, 0.4) is 0 Å². The number of anilines is 2. The summed E-state index contributed by atoms with van der Waals surface area (Å²) in [5, 5.41) is 0. The molecule has 1 aliphatic heterocycles. The zero-order chi connectivity index (χ0) is 14.8. The highest BCUT2D eigenvalue weighted by molar-refractivity contribution is 5.63. The molecule has 1 aliphatic rings.